The largest absolute Gasteiger partial charge is 0.174 e. The molecular weight excluding hydrogens is 196 g/mol. The van der Waals surface area contributed by atoms with Gasteiger partial charge in [-0.25, -0.2) is 0 Å². The van der Waals surface area contributed by atoms with Gasteiger partial charge in [0.1, 0.15) is 0 Å². The Morgan fingerprint density at radius 2 is 1.77 bits per heavy atom. The van der Waals surface area contributed by atoms with Crippen molar-refractivity contribution in [2.24, 2.45) is 0 Å². The second-order valence-electron chi connectivity index (χ2n) is 2.79. The highest BCUT2D eigenvalue weighted by molar-refractivity contribution is 7.79. The predicted octanol–water partition coefficient (Wildman–Crippen LogP) is 3.84. The number of rotatable bonds is 2. The van der Waals surface area contributed by atoms with Crippen molar-refractivity contribution in [3.05, 3.63) is 47.3 Å². The molecule has 0 aliphatic heterocycles. The van der Waals surface area contributed by atoms with Crippen molar-refractivity contribution in [1.29, 1.82) is 0 Å². The standard InChI is InChI=1S/C11H10S2/c12-8-10-6-7-11(13-10)9-4-2-1-3-5-9/h1-7,12H,8H2. The van der Waals surface area contributed by atoms with Gasteiger partial charge in [-0.3, -0.25) is 0 Å². The molecule has 1 heterocycles. The van der Waals surface area contributed by atoms with Crippen LogP contribution in [0, 0.1) is 0 Å². The lowest BCUT2D eigenvalue weighted by molar-refractivity contribution is 1.57. The van der Waals surface area contributed by atoms with E-state index >= 15 is 0 Å². The van der Waals surface area contributed by atoms with E-state index in [2.05, 4.69) is 49.0 Å². The summed E-state index contributed by atoms with van der Waals surface area (Å²) < 4.78 is 0. The summed E-state index contributed by atoms with van der Waals surface area (Å²) in [6.45, 7) is 0. The number of thiol groups is 1. The van der Waals surface area contributed by atoms with Gasteiger partial charge in [-0.05, 0) is 17.7 Å². The van der Waals surface area contributed by atoms with E-state index in [-0.39, 0.29) is 0 Å². The maximum atomic E-state index is 4.25. The van der Waals surface area contributed by atoms with E-state index in [0.29, 0.717) is 0 Å². The van der Waals surface area contributed by atoms with Crippen LogP contribution in [0.4, 0.5) is 0 Å². The van der Waals surface area contributed by atoms with Gasteiger partial charge in [-0.15, -0.1) is 11.3 Å². The second-order valence-corrected chi connectivity index (χ2v) is 4.27. The van der Waals surface area contributed by atoms with Gasteiger partial charge in [-0.2, -0.15) is 12.6 Å². The van der Waals surface area contributed by atoms with Gasteiger partial charge in [0.05, 0.1) is 0 Å². The van der Waals surface area contributed by atoms with Crippen molar-refractivity contribution in [2.45, 2.75) is 5.75 Å². The normalized spacial score (nSPS) is 10.2. The molecule has 0 saturated heterocycles. The van der Waals surface area contributed by atoms with Crippen molar-refractivity contribution < 1.29 is 0 Å². The molecule has 0 N–H and O–H groups in total. The van der Waals surface area contributed by atoms with Crippen molar-refractivity contribution in [3.63, 3.8) is 0 Å². The molecule has 13 heavy (non-hydrogen) atoms. The molecule has 0 saturated carbocycles. The van der Waals surface area contributed by atoms with Crippen LogP contribution in [-0.4, -0.2) is 0 Å². The number of hydrogen-bond acceptors (Lipinski definition) is 2. The van der Waals surface area contributed by atoms with Crippen LogP contribution in [0.1, 0.15) is 4.88 Å². The quantitative estimate of drug-likeness (QED) is 0.709. The zero-order chi connectivity index (χ0) is 9.10. The third-order valence-electron chi connectivity index (χ3n) is 1.88. The fraction of sp³-hybridized carbons (Fsp3) is 0.0909. The highest BCUT2D eigenvalue weighted by Gasteiger charge is 1.99. The topological polar surface area (TPSA) is 0 Å². The van der Waals surface area contributed by atoms with E-state index in [1.54, 1.807) is 0 Å². The molecule has 2 aromatic rings. The Bertz CT molecular complexity index is 376. The van der Waals surface area contributed by atoms with Gasteiger partial charge in [0.2, 0.25) is 0 Å². The molecule has 2 rings (SSSR count). The summed E-state index contributed by atoms with van der Waals surface area (Å²) in [7, 11) is 0. The van der Waals surface area contributed by atoms with Gasteiger partial charge >= 0.3 is 0 Å². The fourth-order valence-electron chi connectivity index (χ4n) is 1.22. The molecule has 0 fully saturated rings. The van der Waals surface area contributed by atoms with Crippen LogP contribution >= 0.6 is 24.0 Å². The summed E-state index contributed by atoms with van der Waals surface area (Å²) in [6, 6.07) is 14.7. The van der Waals surface area contributed by atoms with Crippen molar-refractivity contribution in [2.75, 3.05) is 0 Å². The molecule has 0 bridgehead atoms. The predicted molar refractivity (Wildman–Crippen MR) is 62.4 cm³/mol. The summed E-state index contributed by atoms with van der Waals surface area (Å²) in [6.07, 6.45) is 0. The molecule has 1 aromatic heterocycles. The Hall–Kier alpha value is -0.730. The van der Waals surface area contributed by atoms with E-state index in [1.165, 1.54) is 15.3 Å². The Morgan fingerprint density at radius 3 is 2.38 bits per heavy atom. The highest BCUT2D eigenvalue weighted by Crippen LogP contribution is 2.28. The van der Waals surface area contributed by atoms with Gasteiger partial charge in [-0.1, -0.05) is 30.3 Å². The average molecular weight is 206 g/mol. The molecule has 0 amide bonds. The Balaban J connectivity index is 2.36. The SMILES string of the molecule is SCc1ccc(-c2ccccc2)s1. The first-order chi connectivity index (χ1) is 6.40. The van der Waals surface area contributed by atoms with Crippen LogP contribution in [0.25, 0.3) is 10.4 Å². The number of hydrogen-bond donors (Lipinski definition) is 1. The first kappa shape index (κ1) is 8.85. The van der Waals surface area contributed by atoms with Crippen molar-refractivity contribution in [1.82, 2.24) is 0 Å². The van der Waals surface area contributed by atoms with Gasteiger partial charge in [0, 0.05) is 15.5 Å². The fourth-order valence-corrected chi connectivity index (χ4v) is 2.39. The van der Waals surface area contributed by atoms with Gasteiger partial charge in [0.25, 0.3) is 0 Å². The molecule has 0 unspecified atom stereocenters. The summed E-state index contributed by atoms with van der Waals surface area (Å²) >= 11 is 6.06. The summed E-state index contributed by atoms with van der Waals surface area (Å²) in [5, 5.41) is 0. The molecule has 0 atom stereocenters. The zero-order valence-electron chi connectivity index (χ0n) is 7.10. The minimum Gasteiger partial charge on any atom is -0.174 e. The maximum Gasteiger partial charge on any atom is 0.0345 e. The van der Waals surface area contributed by atoms with Crippen LogP contribution in [0.3, 0.4) is 0 Å². The third-order valence-corrected chi connectivity index (χ3v) is 3.56. The van der Waals surface area contributed by atoms with Crippen LogP contribution in [0.2, 0.25) is 0 Å². The molecule has 0 spiro atoms. The van der Waals surface area contributed by atoms with E-state index in [1.807, 2.05) is 17.4 Å². The summed E-state index contributed by atoms with van der Waals surface area (Å²) in [5.41, 5.74) is 1.29. The average Bonchev–Trinajstić information content (AvgIpc) is 2.67. The van der Waals surface area contributed by atoms with Crippen molar-refractivity contribution in [3.8, 4) is 10.4 Å². The van der Waals surface area contributed by atoms with Crippen LogP contribution < -0.4 is 0 Å². The van der Waals surface area contributed by atoms with Crippen LogP contribution in [0.5, 0.6) is 0 Å². The van der Waals surface area contributed by atoms with E-state index in [9.17, 15) is 0 Å². The second kappa shape index (κ2) is 3.99. The first-order valence-electron chi connectivity index (χ1n) is 4.15. The van der Waals surface area contributed by atoms with Gasteiger partial charge < -0.3 is 0 Å². The number of thiophene rings is 1. The Morgan fingerprint density at radius 1 is 1.00 bits per heavy atom. The van der Waals surface area contributed by atoms with Crippen LogP contribution in [-0.2, 0) is 5.75 Å². The zero-order valence-corrected chi connectivity index (χ0v) is 8.81. The maximum absolute atomic E-state index is 4.25. The molecule has 66 valence electrons. The minimum absolute atomic E-state index is 0.831. The minimum atomic E-state index is 0.831. The van der Waals surface area contributed by atoms with E-state index in [0.717, 1.165) is 5.75 Å². The molecule has 0 nitrogen and oxygen atoms in total. The smallest absolute Gasteiger partial charge is 0.0345 e. The molecule has 0 aliphatic rings. The molecule has 1 aromatic carbocycles. The Kier molecular flexibility index (Phi) is 2.71. The Labute approximate surface area is 87.6 Å². The highest BCUT2D eigenvalue weighted by atomic mass is 32.1. The molecule has 0 aliphatic carbocycles. The lowest BCUT2D eigenvalue weighted by atomic mass is 10.2. The summed E-state index contributed by atoms with van der Waals surface area (Å²) in [5.74, 6) is 0.831. The third kappa shape index (κ3) is 1.95. The van der Waals surface area contributed by atoms with Gasteiger partial charge in [0.15, 0.2) is 0 Å². The van der Waals surface area contributed by atoms with Crippen molar-refractivity contribution >= 4 is 24.0 Å². The first-order valence-corrected chi connectivity index (χ1v) is 5.60. The monoisotopic (exact) mass is 206 g/mol. The van der Waals surface area contributed by atoms with E-state index in [4.69, 9.17) is 0 Å². The number of benzene rings is 1. The molecular formula is C11H10S2. The lowest BCUT2D eigenvalue weighted by Gasteiger charge is -1.94. The van der Waals surface area contributed by atoms with Crippen LogP contribution in [0.15, 0.2) is 42.5 Å². The summed E-state index contributed by atoms with van der Waals surface area (Å²) in [4.78, 5) is 2.65. The van der Waals surface area contributed by atoms with E-state index < -0.39 is 0 Å². The molecule has 2 heteroatoms. The lowest BCUT2D eigenvalue weighted by Crippen LogP contribution is -1.67. The molecule has 0 radical (unpaired) electrons.